The Morgan fingerprint density at radius 1 is 0.895 bits per heavy atom. The molecular weight excluding hydrogens is 474 g/mol. The molecule has 1 saturated heterocycles. The molecule has 1 fully saturated rings. The van der Waals surface area contributed by atoms with E-state index in [0.29, 0.717) is 5.56 Å². The van der Waals surface area contributed by atoms with E-state index in [4.69, 9.17) is 4.98 Å². The summed E-state index contributed by atoms with van der Waals surface area (Å²) in [6.45, 7) is 4.36. The minimum atomic E-state index is 0.532. The Hall–Kier alpha value is -4.99. The van der Waals surface area contributed by atoms with Crippen molar-refractivity contribution < 1.29 is 0 Å². The van der Waals surface area contributed by atoms with Gasteiger partial charge in [0.05, 0.1) is 30.0 Å². The lowest BCUT2D eigenvalue weighted by molar-refractivity contribution is 0.287. The number of nitriles is 1. The summed E-state index contributed by atoms with van der Waals surface area (Å²) in [5, 5.41) is 18.4. The summed E-state index contributed by atoms with van der Waals surface area (Å²) >= 11 is 0. The fourth-order valence-corrected chi connectivity index (χ4v) is 4.70. The predicted molar refractivity (Wildman–Crippen MR) is 145 cm³/mol. The van der Waals surface area contributed by atoms with Crippen molar-refractivity contribution >= 4 is 11.3 Å². The fourth-order valence-electron chi connectivity index (χ4n) is 4.70. The Balaban J connectivity index is 1.19. The van der Waals surface area contributed by atoms with E-state index in [1.807, 2.05) is 50.0 Å². The number of hydrogen-bond donors (Lipinski definition) is 0. The van der Waals surface area contributed by atoms with Crippen LogP contribution in [0.4, 0.5) is 5.82 Å². The van der Waals surface area contributed by atoms with Crippen molar-refractivity contribution in [3.05, 3.63) is 84.8 Å². The number of piperazine rings is 1. The molecule has 0 aliphatic carbocycles. The zero-order valence-electron chi connectivity index (χ0n) is 21.0. The normalized spacial score (nSPS) is 13.7. The first-order chi connectivity index (χ1) is 18.7. The highest BCUT2D eigenvalue weighted by atomic mass is 15.3. The molecule has 1 aliphatic rings. The van der Waals surface area contributed by atoms with Gasteiger partial charge in [0.25, 0.3) is 0 Å². The van der Waals surface area contributed by atoms with E-state index >= 15 is 0 Å². The molecule has 9 heteroatoms. The second kappa shape index (κ2) is 10.2. The van der Waals surface area contributed by atoms with Crippen LogP contribution < -0.4 is 4.90 Å². The molecule has 5 aromatic heterocycles. The third-order valence-corrected chi connectivity index (χ3v) is 6.71. The average Bonchev–Trinajstić information content (AvgIpc) is 3.60. The van der Waals surface area contributed by atoms with Crippen molar-refractivity contribution in [1.82, 2.24) is 34.3 Å². The van der Waals surface area contributed by atoms with Crippen LogP contribution in [0, 0.1) is 23.2 Å². The van der Waals surface area contributed by atoms with Crippen LogP contribution in [0.15, 0.2) is 73.6 Å². The largest absolute Gasteiger partial charge is 0.354 e. The standard InChI is InChI=1S/C29H25N9/c1-35-20-25(19-33-35)23-15-27(29-24(16-30)18-34-38(29)21-23)22-7-8-28(32-17-22)37-13-11-36(12-14-37)10-4-6-26-5-2-3-9-31-26/h2-3,5,7-9,15,17-21H,10-14H2,1H3. The second-order valence-electron chi connectivity index (χ2n) is 9.19. The Morgan fingerprint density at radius 2 is 1.79 bits per heavy atom. The van der Waals surface area contributed by atoms with Gasteiger partial charge >= 0.3 is 0 Å². The Bertz CT molecular complexity index is 1670. The number of fused-ring (bicyclic) bond motifs is 1. The highest BCUT2D eigenvalue weighted by Gasteiger charge is 2.19. The van der Waals surface area contributed by atoms with Gasteiger partial charge in [0.2, 0.25) is 0 Å². The summed E-state index contributed by atoms with van der Waals surface area (Å²) in [7, 11) is 1.89. The molecule has 0 N–H and O–H groups in total. The summed E-state index contributed by atoms with van der Waals surface area (Å²) in [6.07, 6.45) is 11.0. The molecule has 6 rings (SSSR count). The van der Waals surface area contributed by atoms with E-state index in [2.05, 4.69) is 61.1 Å². The lowest BCUT2D eigenvalue weighted by Crippen LogP contribution is -2.46. The zero-order chi connectivity index (χ0) is 25.9. The highest BCUT2D eigenvalue weighted by Crippen LogP contribution is 2.32. The number of aromatic nitrogens is 6. The Morgan fingerprint density at radius 3 is 2.50 bits per heavy atom. The van der Waals surface area contributed by atoms with Crippen LogP contribution >= 0.6 is 0 Å². The molecule has 0 amide bonds. The molecule has 5 aromatic rings. The van der Waals surface area contributed by atoms with Gasteiger partial charge in [-0.25, -0.2) is 14.5 Å². The number of hydrogen-bond acceptors (Lipinski definition) is 7. The van der Waals surface area contributed by atoms with Gasteiger partial charge in [-0.1, -0.05) is 12.0 Å². The quantitative estimate of drug-likeness (QED) is 0.351. The van der Waals surface area contributed by atoms with Gasteiger partial charge < -0.3 is 4.90 Å². The Labute approximate surface area is 220 Å². The Kier molecular flexibility index (Phi) is 6.27. The number of rotatable bonds is 4. The maximum absolute atomic E-state index is 9.68. The molecule has 186 valence electrons. The van der Waals surface area contributed by atoms with Gasteiger partial charge in [0, 0.05) is 80.3 Å². The number of nitrogens with zero attached hydrogens (tertiary/aromatic N) is 9. The second-order valence-corrected chi connectivity index (χ2v) is 9.19. The van der Waals surface area contributed by atoms with Crippen molar-refractivity contribution in [2.75, 3.05) is 37.6 Å². The molecule has 1 aliphatic heterocycles. The molecule has 0 bridgehead atoms. The smallest absolute Gasteiger partial charge is 0.128 e. The van der Waals surface area contributed by atoms with Crippen LogP contribution in [0.2, 0.25) is 0 Å². The van der Waals surface area contributed by atoms with E-state index in [0.717, 1.165) is 72.0 Å². The minimum Gasteiger partial charge on any atom is -0.354 e. The van der Waals surface area contributed by atoms with Crippen LogP contribution in [0.1, 0.15) is 11.3 Å². The molecule has 6 heterocycles. The lowest BCUT2D eigenvalue weighted by atomic mass is 10.0. The summed E-state index contributed by atoms with van der Waals surface area (Å²) in [6, 6.07) is 14.2. The maximum atomic E-state index is 9.68. The van der Waals surface area contributed by atoms with E-state index in [1.54, 1.807) is 21.6 Å². The molecular formula is C29H25N9. The molecule has 0 atom stereocenters. The monoisotopic (exact) mass is 499 g/mol. The van der Waals surface area contributed by atoms with Crippen molar-refractivity contribution in [2.24, 2.45) is 7.05 Å². The van der Waals surface area contributed by atoms with E-state index in [9.17, 15) is 5.26 Å². The van der Waals surface area contributed by atoms with Crippen LogP contribution in [-0.2, 0) is 7.05 Å². The van der Waals surface area contributed by atoms with E-state index in [1.165, 1.54) is 0 Å². The van der Waals surface area contributed by atoms with Gasteiger partial charge in [-0.15, -0.1) is 0 Å². The molecule has 0 unspecified atom stereocenters. The van der Waals surface area contributed by atoms with E-state index < -0.39 is 0 Å². The van der Waals surface area contributed by atoms with Crippen LogP contribution in [0.25, 0.3) is 27.8 Å². The first-order valence-electron chi connectivity index (χ1n) is 12.4. The molecule has 0 radical (unpaired) electrons. The molecule has 0 aromatic carbocycles. The van der Waals surface area contributed by atoms with Gasteiger partial charge in [0.15, 0.2) is 0 Å². The third kappa shape index (κ3) is 4.71. The van der Waals surface area contributed by atoms with E-state index in [-0.39, 0.29) is 0 Å². The topological polar surface area (TPSA) is 91.2 Å². The van der Waals surface area contributed by atoms with Crippen molar-refractivity contribution in [3.8, 4) is 40.2 Å². The van der Waals surface area contributed by atoms with Gasteiger partial charge in [-0.3, -0.25) is 9.58 Å². The predicted octanol–water partition coefficient (Wildman–Crippen LogP) is 3.24. The minimum absolute atomic E-state index is 0.532. The summed E-state index contributed by atoms with van der Waals surface area (Å²) in [5.74, 6) is 7.31. The lowest BCUT2D eigenvalue weighted by Gasteiger charge is -2.34. The van der Waals surface area contributed by atoms with Gasteiger partial charge in [-0.2, -0.15) is 15.5 Å². The molecule has 9 nitrogen and oxygen atoms in total. The SMILES string of the molecule is Cn1cc(-c2cc(-c3ccc(N4CCN(CC#Cc5ccccn5)CC4)nc3)c3c(C#N)cnn3c2)cn1. The summed E-state index contributed by atoms with van der Waals surface area (Å²) in [5.41, 5.74) is 5.91. The number of pyridine rings is 3. The number of anilines is 1. The van der Waals surface area contributed by atoms with Crippen molar-refractivity contribution in [3.63, 3.8) is 0 Å². The fraction of sp³-hybridized carbons (Fsp3) is 0.207. The van der Waals surface area contributed by atoms with Gasteiger partial charge in [0.1, 0.15) is 17.6 Å². The molecule has 0 saturated carbocycles. The first kappa shape index (κ1) is 23.4. The van der Waals surface area contributed by atoms with Crippen LogP contribution in [0.5, 0.6) is 0 Å². The van der Waals surface area contributed by atoms with Crippen LogP contribution in [0.3, 0.4) is 0 Å². The summed E-state index contributed by atoms with van der Waals surface area (Å²) in [4.78, 5) is 13.7. The molecule has 38 heavy (non-hydrogen) atoms. The van der Waals surface area contributed by atoms with Crippen molar-refractivity contribution in [1.29, 1.82) is 5.26 Å². The van der Waals surface area contributed by atoms with Crippen molar-refractivity contribution in [2.45, 2.75) is 0 Å². The zero-order valence-corrected chi connectivity index (χ0v) is 21.0. The molecule has 0 spiro atoms. The third-order valence-electron chi connectivity index (χ3n) is 6.71. The highest BCUT2D eigenvalue weighted by molar-refractivity contribution is 5.87. The van der Waals surface area contributed by atoms with Gasteiger partial charge in [-0.05, 0) is 36.3 Å². The first-order valence-corrected chi connectivity index (χ1v) is 12.4. The summed E-state index contributed by atoms with van der Waals surface area (Å²) < 4.78 is 3.53. The number of aryl methyl sites for hydroxylation is 1. The maximum Gasteiger partial charge on any atom is 0.128 e. The van der Waals surface area contributed by atoms with Crippen LogP contribution in [-0.4, -0.2) is 67.0 Å². The average molecular weight is 500 g/mol.